The van der Waals surface area contributed by atoms with Gasteiger partial charge in [-0.1, -0.05) is 31.0 Å². The number of ether oxygens (including phenoxy) is 1. The van der Waals surface area contributed by atoms with Gasteiger partial charge in [0.1, 0.15) is 5.75 Å². The second-order valence-corrected chi connectivity index (χ2v) is 8.07. The molecule has 144 valence electrons. The largest absolute Gasteiger partial charge is 0.484 e. The summed E-state index contributed by atoms with van der Waals surface area (Å²) in [4.78, 5) is 25.4. The lowest BCUT2D eigenvalue weighted by molar-refractivity contribution is -0.127. The van der Waals surface area contributed by atoms with E-state index in [0.29, 0.717) is 12.3 Å². The van der Waals surface area contributed by atoms with Gasteiger partial charge >= 0.3 is 0 Å². The van der Waals surface area contributed by atoms with Crippen LogP contribution >= 0.6 is 11.3 Å². The van der Waals surface area contributed by atoms with Crippen molar-refractivity contribution in [3.8, 4) is 5.75 Å². The molecule has 0 saturated heterocycles. The fourth-order valence-electron chi connectivity index (χ4n) is 3.56. The molecule has 5 nitrogen and oxygen atoms in total. The van der Waals surface area contributed by atoms with Crippen molar-refractivity contribution in [3.05, 3.63) is 52.2 Å². The molecule has 2 aromatic rings. The minimum Gasteiger partial charge on any atom is -0.484 e. The summed E-state index contributed by atoms with van der Waals surface area (Å²) in [7, 11) is 0. The Balaban J connectivity index is 1.41. The number of rotatable bonds is 8. The highest BCUT2D eigenvalue weighted by molar-refractivity contribution is 7.10. The van der Waals surface area contributed by atoms with E-state index < -0.39 is 0 Å². The molecule has 1 aromatic heterocycles. The lowest BCUT2D eigenvalue weighted by Crippen LogP contribution is -2.44. The van der Waals surface area contributed by atoms with Gasteiger partial charge in [0.05, 0.1) is 6.54 Å². The van der Waals surface area contributed by atoms with E-state index in [9.17, 15) is 9.59 Å². The third-order valence-electron chi connectivity index (χ3n) is 5.03. The summed E-state index contributed by atoms with van der Waals surface area (Å²) >= 11 is 1.76. The molecule has 3 rings (SSSR count). The van der Waals surface area contributed by atoms with Gasteiger partial charge in [-0.05, 0) is 48.9 Å². The SMILES string of the molecule is Cc1cccc(OCC(=O)NCC(=O)NCC2(c3cccs3)CCCC2)c1. The fraction of sp³-hybridized carbons (Fsp3) is 0.429. The molecule has 6 heteroatoms. The Bertz CT molecular complexity index is 767. The Labute approximate surface area is 164 Å². The van der Waals surface area contributed by atoms with Crippen molar-refractivity contribution in [2.75, 3.05) is 19.7 Å². The molecule has 0 aliphatic heterocycles. The van der Waals surface area contributed by atoms with E-state index in [1.54, 1.807) is 17.4 Å². The molecule has 2 amide bonds. The lowest BCUT2D eigenvalue weighted by atomic mass is 9.84. The van der Waals surface area contributed by atoms with Crippen LogP contribution in [-0.2, 0) is 15.0 Å². The molecule has 1 aliphatic carbocycles. The minimum atomic E-state index is -0.305. The van der Waals surface area contributed by atoms with E-state index in [1.807, 2.05) is 25.1 Å². The van der Waals surface area contributed by atoms with E-state index >= 15 is 0 Å². The van der Waals surface area contributed by atoms with E-state index in [0.717, 1.165) is 18.4 Å². The number of hydrogen-bond donors (Lipinski definition) is 2. The van der Waals surface area contributed by atoms with Gasteiger partial charge in [0.2, 0.25) is 5.91 Å². The average Bonchev–Trinajstić information content (AvgIpc) is 3.35. The first-order valence-corrected chi connectivity index (χ1v) is 10.2. The summed E-state index contributed by atoms with van der Waals surface area (Å²) in [6.45, 7) is 2.46. The molecule has 1 heterocycles. The van der Waals surface area contributed by atoms with Gasteiger partial charge in [-0.15, -0.1) is 11.3 Å². The number of nitrogens with one attached hydrogen (secondary N) is 2. The highest BCUT2D eigenvalue weighted by Gasteiger charge is 2.36. The topological polar surface area (TPSA) is 67.4 Å². The Hall–Kier alpha value is -2.34. The third-order valence-corrected chi connectivity index (χ3v) is 6.15. The second-order valence-electron chi connectivity index (χ2n) is 7.12. The zero-order valence-corrected chi connectivity index (χ0v) is 16.4. The van der Waals surface area contributed by atoms with Crippen LogP contribution in [0.2, 0.25) is 0 Å². The van der Waals surface area contributed by atoms with Crippen molar-refractivity contribution in [1.82, 2.24) is 10.6 Å². The molecule has 1 aromatic carbocycles. The number of benzene rings is 1. The summed E-state index contributed by atoms with van der Waals surface area (Å²) in [5, 5.41) is 7.71. The smallest absolute Gasteiger partial charge is 0.258 e. The minimum absolute atomic E-state index is 0.0312. The molecule has 0 spiro atoms. The van der Waals surface area contributed by atoms with Crippen LogP contribution < -0.4 is 15.4 Å². The predicted molar refractivity (Wildman–Crippen MR) is 107 cm³/mol. The van der Waals surface area contributed by atoms with E-state index in [4.69, 9.17) is 4.74 Å². The lowest BCUT2D eigenvalue weighted by Gasteiger charge is -2.28. The first-order valence-electron chi connectivity index (χ1n) is 9.34. The van der Waals surface area contributed by atoms with Gasteiger partial charge in [-0.3, -0.25) is 9.59 Å². The molecule has 1 fully saturated rings. The van der Waals surface area contributed by atoms with E-state index in [1.165, 1.54) is 17.7 Å². The van der Waals surface area contributed by atoms with Gasteiger partial charge in [0.15, 0.2) is 6.61 Å². The van der Waals surface area contributed by atoms with Crippen molar-refractivity contribution in [2.45, 2.75) is 38.0 Å². The predicted octanol–water partition coefficient (Wildman–Crippen LogP) is 3.18. The number of amides is 2. The average molecular weight is 387 g/mol. The highest BCUT2D eigenvalue weighted by atomic mass is 32.1. The van der Waals surface area contributed by atoms with Crippen molar-refractivity contribution < 1.29 is 14.3 Å². The van der Waals surface area contributed by atoms with Gasteiger partial charge in [-0.2, -0.15) is 0 Å². The summed E-state index contributed by atoms with van der Waals surface area (Å²) in [5.74, 6) is 0.177. The highest BCUT2D eigenvalue weighted by Crippen LogP contribution is 2.42. The molecule has 0 unspecified atom stereocenters. The van der Waals surface area contributed by atoms with Gasteiger partial charge in [0, 0.05) is 16.8 Å². The zero-order chi connectivity index (χ0) is 19.1. The van der Waals surface area contributed by atoms with Crippen molar-refractivity contribution in [2.24, 2.45) is 0 Å². The first kappa shape index (κ1) is 19.4. The van der Waals surface area contributed by atoms with Crippen LogP contribution in [0.4, 0.5) is 0 Å². The Morgan fingerprint density at radius 3 is 2.63 bits per heavy atom. The van der Waals surface area contributed by atoms with Crippen LogP contribution in [-0.4, -0.2) is 31.5 Å². The van der Waals surface area contributed by atoms with Crippen molar-refractivity contribution in [3.63, 3.8) is 0 Å². The zero-order valence-electron chi connectivity index (χ0n) is 15.6. The summed E-state index contributed by atoms with van der Waals surface area (Å²) in [6, 6.07) is 11.7. The van der Waals surface area contributed by atoms with Crippen molar-refractivity contribution in [1.29, 1.82) is 0 Å². The maximum Gasteiger partial charge on any atom is 0.258 e. The summed E-state index contributed by atoms with van der Waals surface area (Å²) < 4.78 is 5.44. The first-order chi connectivity index (χ1) is 13.1. The van der Waals surface area contributed by atoms with Gasteiger partial charge in [-0.25, -0.2) is 0 Å². The van der Waals surface area contributed by atoms with Crippen LogP contribution in [0.5, 0.6) is 5.75 Å². The summed E-state index contributed by atoms with van der Waals surface area (Å²) in [5.41, 5.74) is 1.13. The third kappa shape index (κ3) is 5.32. The Kier molecular flexibility index (Phi) is 6.50. The van der Waals surface area contributed by atoms with Crippen LogP contribution in [0.3, 0.4) is 0 Å². The number of thiophene rings is 1. The molecular formula is C21H26N2O3S. The second kappa shape index (κ2) is 9.04. The maximum absolute atomic E-state index is 12.2. The van der Waals surface area contributed by atoms with E-state index in [2.05, 4.69) is 28.1 Å². The van der Waals surface area contributed by atoms with Crippen LogP contribution in [0.15, 0.2) is 41.8 Å². The molecule has 1 saturated carbocycles. The number of carbonyl (C=O) groups excluding carboxylic acids is 2. The van der Waals surface area contributed by atoms with Crippen molar-refractivity contribution >= 4 is 23.2 Å². The molecule has 0 bridgehead atoms. The molecule has 0 atom stereocenters. The Morgan fingerprint density at radius 1 is 1.11 bits per heavy atom. The molecule has 0 radical (unpaired) electrons. The number of hydrogen-bond acceptors (Lipinski definition) is 4. The van der Waals surface area contributed by atoms with E-state index in [-0.39, 0.29) is 30.4 Å². The van der Waals surface area contributed by atoms with Crippen LogP contribution in [0.25, 0.3) is 0 Å². The molecule has 2 N–H and O–H groups in total. The molecule has 27 heavy (non-hydrogen) atoms. The fourth-order valence-corrected chi connectivity index (χ4v) is 4.54. The van der Waals surface area contributed by atoms with Gasteiger partial charge < -0.3 is 15.4 Å². The van der Waals surface area contributed by atoms with Crippen LogP contribution in [0, 0.1) is 6.92 Å². The standard InChI is InChI=1S/C21H26N2O3S/c1-16-6-4-7-17(12-16)26-14-20(25)22-13-19(24)23-15-21(9-2-3-10-21)18-8-5-11-27-18/h4-8,11-12H,2-3,9-10,13-15H2,1H3,(H,22,25)(H,23,24). The number of aryl methyl sites for hydroxylation is 1. The molecular weight excluding hydrogens is 360 g/mol. The quantitative estimate of drug-likeness (QED) is 0.732. The number of carbonyl (C=O) groups is 2. The summed E-state index contributed by atoms with van der Waals surface area (Å²) in [6.07, 6.45) is 4.59. The van der Waals surface area contributed by atoms with Crippen LogP contribution in [0.1, 0.15) is 36.1 Å². The molecule has 1 aliphatic rings. The Morgan fingerprint density at radius 2 is 1.93 bits per heavy atom. The monoisotopic (exact) mass is 386 g/mol. The van der Waals surface area contributed by atoms with Gasteiger partial charge in [0.25, 0.3) is 5.91 Å². The maximum atomic E-state index is 12.2. The normalized spacial score (nSPS) is 15.3.